The number of nitrogens with one attached hydrogen (secondary N) is 1. The van der Waals surface area contributed by atoms with Crippen LogP contribution in [0.5, 0.6) is 0 Å². The fourth-order valence-corrected chi connectivity index (χ4v) is 4.74. The Morgan fingerprint density at radius 3 is 2.35 bits per heavy atom. The van der Waals surface area contributed by atoms with Crippen molar-refractivity contribution in [3.8, 4) is 0 Å². The lowest BCUT2D eigenvalue weighted by atomic mass is 9.89. The molecular weight excluding hydrogens is 264 g/mol. The van der Waals surface area contributed by atoms with Gasteiger partial charge in [-0.15, -0.1) is 11.3 Å². The standard InChI is InChI=1S/C17H30N2S/c1-4-11-17(12-5-2,18-13-6-3)16-19-14-9-7-8-10-15(14)20-16/h18H,4-13H2,1-3H3. The summed E-state index contributed by atoms with van der Waals surface area (Å²) in [5.41, 5.74) is 1.55. The van der Waals surface area contributed by atoms with Gasteiger partial charge in [0.25, 0.3) is 0 Å². The Kier molecular flexibility index (Phi) is 6.03. The smallest absolute Gasteiger partial charge is 0.113 e. The van der Waals surface area contributed by atoms with Crippen LogP contribution in [0.15, 0.2) is 0 Å². The third-order valence-corrected chi connectivity index (χ3v) is 5.68. The molecule has 0 spiro atoms. The highest BCUT2D eigenvalue weighted by molar-refractivity contribution is 7.11. The first kappa shape index (κ1) is 16.0. The van der Waals surface area contributed by atoms with Gasteiger partial charge < -0.3 is 5.32 Å². The predicted molar refractivity (Wildman–Crippen MR) is 88.5 cm³/mol. The fourth-order valence-electron chi connectivity index (χ4n) is 3.37. The Morgan fingerprint density at radius 2 is 1.75 bits per heavy atom. The van der Waals surface area contributed by atoms with Crippen molar-refractivity contribution >= 4 is 11.3 Å². The number of thiazole rings is 1. The van der Waals surface area contributed by atoms with E-state index in [4.69, 9.17) is 4.98 Å². The van der Waals surface area contributed by atoms with Crippen molar-refractivity contribution in [2.24, 2.45) is 0 Å². The molecule has 2 nitrogen and oxygen atoms in total. The predicted octanol–water partition coefficient (Wildman–Crippen LogP) is 4.82. The molecule has 1 aliphatic rings. The summed E-state index contributed by atoms with van der Waals surface area (Å²) in [7, 11) is 0. The number of aryl methyl sites for hydroxylation is 2. The third kappa shape index (κ3) is 3.43. The van der Waals surface area contributed by atoms with Gasteiger partial charge >= 0.3 is 0 Å². The van der Waals surface area contributed by atoms with E-state index in [0.29, 0.717) is 0 Å². The molecule has 0 fully saturated rings. The zero-order valence-electron chi connectivity index (χ0n) is 13.4. The molecule has 1 N–H and O–H groups in total. The van der Waals surface area contributed by atoms with Gasteiger partial charge in [0.15, 0.2) is 0 Å². The van der Waals surface area contributed by atoms with Crippen molar-refractivity contribution in [1.29, 1.82) is 0 Å². The minimum Gasteiger partial charge on any atom is -0.305 e. The fraction of sp³-hybridized carbons (Fsp3) is 0.824. The third-order valence-electron chi connectivity index (χ3n) is 4.32. The van der Waals surface area contributed by atoms with E-state index in [-0.39, 0.29) is 5.54 Å². The van der Waals surface area contributed by atoms with Gasteiger partial charge in [0.2, 0.25) is 0 Å². The molecule has 0 bridgehead atoms. The molecule has 0 radical (unpaired) electrons. The molecule has 0 amide bonds. The van der Waals surface area contributed by atoms with E-state index in [2.05, 4.69) is 26.1 Å². The highest BCUT2D eigenvalue weighted by atomic mass is 32.1. The maximum absolute atomic E-state index is 5.07. The van der Waals surface area contributed by atoms with Crippen molar-refractivity contribution < 1.29 is 0 Å². The summed E-state index contributed by atoms with van der Waals surface area (Å²) >= 11 is 2.00. The van der Waals surface area contributed by atoms with E-state index in [0.717, 1.165) is 6.54 Å². The summed E-state index contributed by atoms with van der Waals surface area (Å²) in [6, 6.07) is 0. The number of aromatic nitrogens is 1. The van der Waals surface area contributed by atoms with Crippen LogP contribution in [0.2, 0.25) is 0 Å². The van der Waals surface area contributed by atoms with Gasteiger partial charge in [0, 0.05) is 4.88 Å². The highest BCUT2D eigenvalue weighted by Crippen LogP contribution is 2.38. The molecule has 0 saturated heterocycles. The molecule has 114 valence electrons. The Morgan fingerprint density at radius 1 is 1.05 bits per heavy atom. The Labute approximate surface area is 128 Å². The van der Waals surface area contributed by atoms with Crippen molar-refractivity contribution in [2.75, 3.05) is 6.54 Å². The average molecular weight is 295 g/mol. The molecule has 2 rings (SSSR count). The van der Waals surface area contributed by atoms with Crippen molar-refractivity contribution in [3.05, 3.63) is 15.6 Å². The van der Waals surface area contributed by atoms with Gasteiger partial charge in [0.05, 0.1) is 11.2 Å². The zero-order valence-corrected chi connectivity index (χ0v) is 14.2. The Balaban J connectivity index is 2.29. The van der Waals surface area contributed by atoms with Crippen LogP contribution in [-0.4, -0.2) is 11.5 Å². The van der Waals surface area contributed by atoms with Crippen LogP contribution in [-0.2, 0) is 18.4 Å². The van der Waals surface area contributed by atoms with Crippen LogP contribution in [0.25, 0.3) is 0 Å². The largest absolute Gasteiger partial charge is 0.305 e. The van der Waals surface area contributed by atoms with E-state index >= 15 is 0 Å². The molecule has 1 aromatic heterocycles. The summed E-state index contributed by atoms with van der Waals surface area (Å²) in [5.74, 6) is 0. The maximum Gasteiger partial charge on any atom is 0.113 e. The normalized spacial score (nSPS) is 15.3. The van der Waals surface area contributed by atoms with Crippen molar-refractivity contribution in [3.63, 3.8) is 0 Å². The molecular formula is C17H30N2S. The molecule has 20 heavy (non-hydrogen) atoms. The average Bonchev–Trinajstić information content (AvgIpc) is 2.89. The second kappa shape index (κ2) is 7.56. The van der Waals surface area contributed by atoms with Crippen LogP contribution in [0.1, 0.15) is 81.3 Å². The van der Waals surface area contributed by atoms with Gasteiger partial charge in [-0.1, -0.05) is 33.6 Å². The lowest BCUT2D eigenvalue weighted by molar-refractivity contribution is 0.279. The first-order valence-corrected chi connectivity index (χ1v) is 9.31. The lowest BCUT2D eigenvalue weighted by Gasteiger charge is -2.33. The highest BCUT2D eigenvalue weighted by Gasteiger charge is 2.34. The van der Waals surface area contributed by atoms with E-state index in [9.17, 15) is 0 Å². The molecule has 3 heteroatoms. The van der Waals surface area contributed by atoms with E-state index in [1.54, 1.807) is 4.88 Å². The minimum absolute atomic E-state index is 0.140. The first-order valence-electron chi connectivity index (χ1n) is 8.49. The van der Waals surface area contributed by atoms with Crippen LogP contribution in [0.4, 0.5) is 0 Å². The number of hydrogen-bond acceptors (Lipinski definition) is 3. The molecule has 1 heterocycles. The molecule has 1 aliphatic carbocycles. The van der Waals surface area contributed by atoms with Crippen LogP contribution in [0.3, 0.4) is 0 Å². The first-order chi connectivity index (χ1) is 9.75. The summed E-state index contributed by atoms with van der Waals surface area (Å²) in [6.07, 6.45) is 11.2. The van der Waals surface area contributed by atoms with E-state index < -0.39 is 0 Å². The number of hydrogen-bond donors (Lipinski definition) is 1. The van der Waals surface area contributed by atoms with Gasteiger partial charge in [-0.05, 0) is 51.5 Å². The second-order valence-electron chi connectivity index (χ2n) is 6.10. The van der Waals surface area contributed by atoms with Crippen LogP contribution < -0.4 is 5.32 Å². The lowest BCUT2D eigenvalue weighted by Crippen LogP contribution is -2.42. The number of fused-ring (bicyclic) bond motifs is 1. The van der Waals surface area contributed by atoms with Crippen molar-refractivity contribution in [1.82, 2.24) is 10.3 Å². The second-order valence-corrected chi connectivity index (χ2v) is 7.19. The summed E-state index contributed by atoms with van der Waals surface area (Å²) in [5, 5.41) is 5.23. The van der Waals surface area contributed by atoms with Gasteiger partial charge in [-0.25, -0.2) is 4.98 Å². The van der Waals surface area contributed by atoms with E-state index in [1.807, 2.05) is 11.3 Å². The van der Waals surface area contributed by atoms with Gasteiger partial charge in [-0.2, -0.15) is 0 Å². The topological polar surface area (TPSA) is 24.9 Å². The van der Waals surface area contributed by atoms with Gasteiger partial charge in [-0.3, -0.25) is 0 Å². The number of nitrogens with zero attached hydrogens (tertiary/aromatic N) is 1. The SMILES string of the molecule is CCCNC(CCC)(CCC)c1nc2c(s1)CCCC2. The van der Waals surface area contributed by atoms with Gasteiger partial charge in [0.1, 0.15) is 5.01 Å². The molecule has 0 aliphatic heterocycles. The van der Waals surface area contributed by atoms with Crippen molar-refractivity contribution in [2.45, 2.75) is 84.1 Å². The quantitative estimate of drug-likeness (QED) is 0.743. The monoisotopic (exact) mass is 294 g/mol. The molecule has 0 atom stereocenters. The van der Waals surface area contributed by atoms with E-state index in [1.165, 1.54) is 68.5 Å². The minimum atomic E-state index is 0.140. The molecule has 1 aromatic rings. The summed E-state index contributed by atoms with van der Waals surface area (Å²) in [6.45, 7) is 7.95. The van der Waals surface area contributed by atoms with Crippen LogP contribution >= 0.6 is 11.3 Å². The summed E-state index contributed by atoms with van der Waals surface area (Å²) in [4.78, 5) is 6.64. The molecule has 0 aromatic carbocycles. The Bertz CT molecular complexity index is 382. The number of rotatable bonds is 8. The molecule has 0 unspecified atom stereocenters. The molecule has 0 saturated carbocycles. The van der Waals surface area contributed by atoms with Crippen LogP contribution in [0, 0.1) is 0 Å². The maximum atomic E-state index is 5.07. The Hall–Kier alpha value is -0.410. The zero-order chi connectivity index (χ0) is 14.4. The summed E-state index contributed by atoms with van der Waals surface area (Å²) < 4.78 is 0.